The number of rotatable bonds is 7. The van der Waals surface area contributed by atoms with Crippen molar-refractivity contribution in [3.05, 3.63) is 52.2 Å². The Bertz CT molecular complexity index is 2030. The molecule has 4 atom stereocenters. The van der Waals surface area contributed by atoms with Crippen molar-refractivity contribution in [2.45, 2.75) is 155 Å². The van der Waals surface area contributed by atoms with E-state index in [4.69, 9.17) is 26.1 Å². The van der Waals surface area contributed by atoms with Crippen molar-refractivity contribution < 1.29 is 27.0 Å². The highest BCUT2D eigenvalue weighted by atomic mass is 35.5. The second-order valence-electron chi connectivity index (χ2n) is 17.1. The fourth-order valence-corrected chi connectivity index (χ4v) is 8.30. The third-order valence-electron chi connectivity index (χ3n) is 11.0. The SMILES string of the molecule is CC1CNCC(C)O1.Cc1cc(C)n(-c2nc(Cl)cc(NC3CCC(F)(F)CC3)n2)n1.Cc1cc(C)n(-c2nc(NC3CCC(F)(F)CC3)cc(N3CC(C)OC(C)C3)n2)n1. The van der Waals surface area contributed by atoms with Crippen molar-refractivity contribution in [2.75, 3.05) is 41.7 Å². The van der Waals surface area contributed by atoms with E-state index < -0.39 is 11.8 Å². The third-order valence-corrected chi connectivity index (χ3v) is 11.2. The van der Waals surface area contributed by atoms with Gasteiger partial charge in [0.25, 0.3) is 11.9 Å². The first-order valence-electron chi connectivity index (χ1n) is 21.4. The van der Waals surface area contributed by atoms with Crippen molar-refractivity contribution in [3.63, 3.8) is 0 Å². The molecule has 0 aromatic carbocycles. The molecule has 0 radical (unpaired) electrons. The highest BCUT2D eigenvalue weighted by Crippen LogP contribution is 2.36. The summed E-state index contributed by atoms with van der Waals surface area (Å²) in [6.07, 6.45) is 2.26. The van der Waals surface area contributed by atoms with Crippen molar-refractivity contribution in [2.24, 2.45) is 0 Å². The van der Waals surface area contributed by atoms with Crippen molar-refractivity contribution >= 4 is 29.1 Å². The smallest absolute Gasteiger partial charge is 0.254 e. The molecule has 0 bridgehead atoms. The van der Waals surface area contributed by atoms with Gasteiger partial charge in [0.05, 0.1) is 35.8 Å². The lowest BCUT2D eigenvalue weighted by atomic mass is 9.92. The van der Waals surface area contributed by atoms with Crippen LogP contribution >= 0.6 is 11.6 Å². The van der Waals surface area contributed by atoms with Gasteiger partial charge in [-0.2, -0.15) is 30.1 Å². The number of morpholine rings is 2. The van der Waals surface area contributed by atoms with Crippen molar-refractivity contribution in [1.29, 1.82) is 0 Å². The molecular formula is C42H61ClF4N12O2. The summed E-state index contributed by atoms with van der Waals surface area (Å²) >= 11 is 6.07. The zero-order chi connectivity index (χ0) is 44.1. The maximum Gasteiger partial charge on any atom is 0.254 e. The van der Waals surface area contributed by atoms with Gasteiger partial charge in [-0.3, -0.25) is 0 Å². The molecule has 6 heterocycles. The van der Waals surface area contributed by atoms with Crippen LogP contribution in [0.4, 0.5) is 35.0 Å². The topological polar surface area (TPSA) is 145 Å². The molecule has 4 aliphatic rings. The summed E-state index contributed by atoms with van der Waals surface area (Å²) in [7, 11) is 0. The quantitative estimate of drug-likeness (QED) is 0.122. The molecule has 8 rings (SSSR count). The van der Waals surface area contributed by atoms with E-state index in [2.05, 4.69) is 59.8 Å². The lowest BCUT2D eigenvalue weighted by molar-refractivity contribution is -0.0366. The minimum absolute atomic E-state index is 0.0248. The van der Waals surface area contributed by atoms with E-state index in [0.29, 0.717) is 61.4 Å². The maximum absolute atomic E-state index is 13.5. The fourth-order valence-electron chi connectivity index (χ4n) is 8.12. The van der Waals surface area contributed by atoms with Crippen LogP contribution in [0.1, 0.15) is 102 Å². The predicted octanol–water partition coefficient (Wildman–Crippen LogP) is 8.19. The molecule has 61 heavy (non-hydrogen) atoms. The van der Waals surface area contributed by atoms with Crippen molar-refractivity contribution in [3.8, 4) is 11.9 Å². The van der Waals surface area contributed by atoms with Crippen molar-refractivity contribution in [1.82, 2.24) is 44.8 Å². The first-order chi connectivity index (χ1) is 28.8. The Morgan fingerprint density at radius 1 is 0.623 bits per heavy atom. The lowest BCUT2D eigenvalue weighted by Crippen LogP contribution is -2.46. The van der Waals surface area contributed by atoms with Gasteiger partial charge >= 0.3 is 0 Å². The zero-order valence-electron chi connectivity index (χ0n) is 36.5. The van der Waals surface area contributed by atoms with Gasteiger partial charge in [0.15, 0.2) is 0 Å². The van der Waals surface area contributed by atoms with Gasteiger partial charge in [0.2, 0.25) is 11.8 Å². The Hall–Kier alpha value is -4.13. The molecule has 4 unspecified atom stereocenters. The maximum atomic E-state index is 13.5. The van der Waals surface area contributed by atoms with Crippen LogP contribution in [0.25, 0.3) is 11.9 Å². The number of ether oxygens (including phenoxy) is 2. The molecule has 4 fully saturated rings. The van der Waals surface area contributed by atoms with Gasteiger partial charge in [-0.25, -0.2) is 26.9 Å². The predicted molar refractivity (Wildman–Crippen MR) is 229 cm³/mol. The van der Waals surface area contributed by atoms with E-state index in [9.17, 15) is 17.6 Å². The van der Waals surface area contributed by atoms with E-state index in [-0.39, 0.29) is 55.1 Å². The summed E-state index contributed by atoms with van der Waals surface area (Å²) in [6.45, 7) is 19.4. The number of aryl methyl sites for hydroxylation is 4. The molecule has 4 aromatic heterocycles. The Morgan fingerprint density at radius 2 is 1.05 bits per heavy atom. The fraction of sp³-hybridized carbons (Fsp3) is 0.667. The van der Waals surface area contributed by atoms with Crippen LogP contribution in [0.5, 0.6) is 0 Å². The Kier molecular flexibility index (Phi) is 15.2. The van der Waals surface area contributed by atoms with Gasteiger partial charge in [0.1, 0.15) is 22.6 Å². The monoisotopic (exact) mass is 876 g/mol. The lowest BCUT2D eigenvalue weighted by Gasteiger charge is -2.36. The van der Waals surface area contributed by atoms with Crippen LogP contribution < -0.4 is 20.9 Å². The highest BCUT2D eigenvalue weighted by molar-refractivity contribution is 6.29. The van der Waals surface area contributed by atoms with Gasteiger partial charge in [-0.15, -0.1) is 0 Å². The second kappa shape index (κ2) is 19.9. The van der Waals surface area contributed by atoms with Gasteiger partial charge in [-0.1, -0.05) is 11.6 Å². The van der Waals surface area contributed by atoms with E-state index in [0.717, 1.165) is 54.8 Å². The van der Waals surface area contributed by atoms with Gasteiger partial charge in [-0.05, 0) is 93.2 Å². The summed E-state index contributed by atoms with van der Waals surface area (Å²) in [5.74, 6) is -2.29. The Morgan fingerprint density at radius 3 is 1.46 bits per heavy atom. The molecule has 4 aromatic rings. The summed E-state index contributed by atoms with van der Waals surface area (Å²) < 4.78 is 68.2. The van der Waals surface area contributed by atoms with Crippen LogP contribution in [0, 0.1) is 27.7 Å². The van der Waals surface area contributed by atoms with Crippen LogP contribution in [0.2, 0.25) is 5.15 Å². The number of nitrogens with zero attached hydrogens (tertiary/aromatic N) is 9. The first-order valence-corrected chi connectivity index (χ1v) is 21.7. The number of hydrogen-bond acceptors (Lipinski definition) is 12. The summed E-state index contributed by atoms with van der Waals surface area (Å²) in [5.41, 5.74) is 3.58. The first kappa shape index (κ1) is 46.4. The number of anilines is 3. The molecule has 0 spiro atoms. The molecule has 2 saturated heterocycles. The number of hydrogen-bond donors (Lipinski definition) is 3. The highest BCUT2D eigenvalue weighted by Gasteiger charge is 2.36. The molecule has 14 nitrogen and oxygen atoms in total. The molecule has 2 aliphatic carbocycles. The molecule has 19 heteroatoms. The molecule has 2 saturated carbocycles. The normalized spacial score (nSPS) is 24.2. The van der Waals surface area contributed by atoms with Crippen LogP contribution in [0.15, 0.2) is 24.3 Å². The van der Waals surface area contributed by atoms with E-state index in [1.807, 2.05) is 59.7 Å². The van der Waals surface area contributed by atoms with Gasteiger partial charge < -0.3 is 30.3 Å². The Labute approximate surface area is 361 Å². The number of nitrogens with one attached hydrogen (secondary N) is 3. The van der Waals surface area contributed by atoms with E-state index in [1.54, 1.807) is 15.4 Å². The molecule has 336 valence electrons. The molecular weight excluding hydrogens is 816 g/mol. The summed E-state index contributed by atoms with van der Waals surface area (Å²) in [4.78, 5) is 20.3. The van der Waals surface area contributed by atoms with Crippen LogP contribution in [0.3, 0.4) is 0 Å². The standard InChI is InChI=1S/C21H30F2N6O.C15H18ClF2N5.C6H13NO/c1-13-9-14(2)29(27-13)20-25-18(24-17-5-7-21(22,23)8-6-17)10-19(26-20)28-11-15(3)30-16(4)12-28;1-9-7-10(2)23(22-9)14-20-12(16)8-13(21-14)19-11-3-5-15(17,18)6-4-11;1-5-3-7-4-6(2)8-5/h9-10,15-17H,5-8,11-12H2,1-4H3,(H,24,25,26);7-8,11H,3-6H2,1-2H3,(H,19,20,21);5-7H,3-4H2,1-2H3. The minimum Gasteiger partial charge on any atom is -0.373 e. The van der Waals surface area contributed by atoms with E-state index in [1.165, 1.54) is 0 Å². The number of alkyl halides is 4. The third kappa shape index (κ3) is 13.4. The summed E-state index contributed by atoms with van der Waals surface area (Å²) in [6, 6.07) is 7.35. The van der Waals surface area contributed by atoms with E-state index >= 15 is 0 Å². The average molecular weight is 877 g/mol. The largest absolute Gasteiger partial charge is 0.373 e. The van der Waals surface area contributed by atoms with Gasteiger partial charge in [0, 0.05) is 87.5 Å². The molecule has 2 aliphatic heterocycles. The zero-order valence-corrected chi connectivity index (χ0v) is 37.2. The average Bonchev–Trinajstić information content (AvgIpc) is 3.71. The van der Waals surface area contributed by atoms with Crippen LogP contribution in [-0.4, -0.2) is 114 Å². The number of aromatic nitrogens is 8. The second-order valence-corrected chi connectivity index (χ2v) is 17.5. The molecule has 3 N–H and O–H groups in total. The Balaban J connectivity index is 0.000000177. The van der Waals surface area contributed by atoms with Crippen LogP contribution in [-0.2, 0) is 9.47 Å². The summed E-state index contributed by atoms with van der Waals surface area (Å²) in [5, 5.41) is 19.0. The number of halogens is 5. The molecule has 0 amide bonds. The minimum atomic E-state index is -2.55.